The third-order valence-corrected chi connectivity index (χ3v) is 3.04. The molecule has 2 atom stereocenters. The van der Waals surface area contributed by atoms with Crippen molar-refractivity contribution in [1.82, 2.24) is 4.90 Å². The van der Waals surface area contributed by atoms with Crippen molar-refractivity contribution in [3.8, 4) is 12.0 Å². The van der Waals surface area contributed by atoms with Crippen LogP contribution in [0.5, 0.6) is 0 Å². The Morgan fingerprint density at radius 1 is 1.38 bits per heavy atom. The lowest BCUT2D eigenvalue weighted by Crippen LogP contribution is -2.36. The highest BCUT2D eigenvalue weighted by Gasteiger charge is 2.26. The lowest BCUT2D eigenvalue weighted by Gasteiger charge is -2.23. The van der Waals surface area contributed by atoms with Crippen molar-refractivity contribution in [2.75, 3.05) is 13.6 Å². The van der Waals surface area contributed by atoms with Crippen LogP contribution in [0.25, 0.3) is 0 Å². The molecule has 0 amide bonds. The fraction of sp³-hybridized carbons (Fsp3) is 0.471. The maximum absolute atomic E-state index is 11.4. The second-order valence-corrected chi connectivity index (χ2v) is 5.06. The van der Waals surface area contributed by atoms with Gasteiger partial charge < -0.3 is 14.7 Å². The summed E-state index contributed by atoms with van der Waals surface area (Å²) in [6.45, 7) is 4.70. The van der Waals surface area contributed by atoms with E-state index in [1.165, 1.54) is 0 Å². The molecule has 0 aromatic heterocycles. The molecule has 0 fully saturated rings. The molecule has 0 bridgehead atoms. The van der Waals surface area contributed by atoms with E-state index in [1.54, 1.807) is 0 Å². The summed E-state index contributed by atoms with van der Waals surface area (Å²) in [5.74, 6) is 1.88. The van der Waals surface area contributed by atoms with E-state index in [9.17, 15) is 9.90 Å². The van der Waals surface area contributed by atoms with Gasteiger partial charge in [-0.25, -0.2) is 4.79 Å². The fourth-order valence-electron chi connectivity index (χ4n) is 2.03. The summed E-state index contributed by atoms with van der Waals surface area (Å²) >= 11 is 0. The monoisotopic (exact) mass is 289 g/mol. The van der Waals surface area contributed by atoms with Gasteiger partial charge in [-0.2, -0.15) is 0 Å². The lowest BCUT2D eigenvalue weighted by atomic mass is 10.0. The number of hydrogen-bond acceptors (Lipinski definition) is 3. The van der Waals surface area contributed by atoms with Crippen molar-refractivity contribution in [3.05, 3.63) is 35.9 Å². The summed E-state index contributed by atoms with van der Waals surface area (Å²) in [4.78, 5) is 13.2. The Bertz CT molecular complexity index is 490. The van der Waals surface area contributed by atoms with Crippen LogP contribution >= 0.6 is 0 Å². The molecule has 0 aliphatic carbocycles. The van der Waals surface area contributed by atoms with E-state index in [-0.39, 0.29) is 5.92 Å². The van der Waals surface area contributed by atoms with Gasteiger partial charge in [0.2, 0.25) is 0 Å². The van der Waals surface area contributed by atoms with E-state index in [1.807, 2.05) is 56.1 Å². The largest absolute Gasteiger partial charge is 0.479 e. The van der Waals surface area contributed by atoms with Crippen molar-refractivity contribution in [2.45, 2.75) is 33.0 Å². The molecule has 21 heavy (non-hydrogen) atoms. The van der Waals surface area contributed by atoms with Crippen molar-refractivity contribution in [3.63, 3.8) is 0 Å². The number of rotatable bonds is 7. The molecule has 0 spiro atoms. The van der Waals surface area contributed by atoms with E-state index in [2.05, 4.69) is 12.0 Å². The predicted octanol–water partition coefficient (Wildman–Crippen LogP) is 2.60. The van der Waals surface area contributed by atoms with E-state index < -0.39 is 12.1 Å². The van der Waals surface area contributed by atoms with Gasteiger partial charge in [0.05, 0.1) is 6.61 Å². The molecule has 0 saturated carbocycles. The van der Waals surface area contributed by atoms with E-state index >= 15 is 0 Å². The molecule has 2 unspecified atom stereocenters. The van der Waals surface area contributed by atoms with Crippen LogP contribution in [0.1, 0.15) is 25.8 Å². The van der Waals surface area contributed by atoms with Crippen LogP contribution in [-0.4, -0.2) is 35.7 Å². The number of benzene rings is 1. The van der Waals surface area contributed by atoms with Gasteiger partial charge in [-0.1, -0.05) is 50.1 Å². The summed E-state index contributed by atoms with van der Waals surface area (Å²) in [6.07, 6.45) is -0.0536. The zero-order valence-corrected chi connectivity index (χ0v) is 12.9. The molecule has 1 N–H and O–H groups in total. The van der Waals surface area contributed by atoms with Gasteiger partial charge in [0.1, 0.15) is 0 Å². The van der Waals surface area contributed by atoms with E-state index in [0.29, 0.717) is 13.2 Å². The lowest BCUT2D eigenvalue weighted by molar-refractivity contribution is -0.155. The number of ether oxygens (including phenoxy) is 1. The molecule has 0 aliphatic heterocycles. The van der Waals surface area contributed by atoms with Gasteiger partial charge in [0.15, 0.2) is 6.10 Å². The summed E-state index contributed by atoms with van der Waals surface area (Å²) in [5.41, 5.74) is 0.968. The number of nitrogens with zero attached hydrogens (tertiary/aromatic N) is 1. The van der Waals surface area contributed by atoms with Crippen molar-refractivity contribution >= 4 is 5.97 Å². The highest BCUT2D eigenvalue weighted by Crippen LogP contribution is 2.12. The van der Waals surface area contributed by atoms with Crippen LogP contribution in [0.4, 0.5) is 0 Å². The van der Waals surface area contributed by atoms with Crippen LogP contribution in [0, 0.1) is 17.9 Å². The Hall–Kier alpha value is -1.99. The number of carbonyl (C=O) groups is 1. The Morgan fingerprint density at radius 3 is 2.62 bits per heavy atom. The van der Waals surface area contributed by atoms with Crippen LogP contribution in [-0.2, 0) is 16.1 Å². The predicted molar refractivity (Wildman–Crippen MR) is 82.5 cm³/mol. The molecule has 1 rings (SSSR count). The third kappa shape index (κ3) is 6.33. The number of carboxylic acids is 1. The standard InChI is InChI=1S/C17H23NO3/c1-4-5-11-18(3)12-14(2)16(17(19)20)21-13-15-9-7-6-8-10-15/h6-10,14,16H,4,12-13H2,1-3H3,(H,19,20). The van der Waals surface area contributed by atoms with Gasteiger partial charge in [-0.05, 0) is 5.56 Å². The van der Waals surface area contributed by atoms with Crippen molar-refractivity contribution in [1.29, 1.82) is 0 Å². The van der Waals surface area contributed by atoms with Crippen LogP contribution in [0.15, 0.2) is 30.3 Å². The Kier molecular flexibility index (Phi) is 7.34. The Balaban J connectivity index is 2.58. The first-order chi connectivity index (χ1) is 10.0. The van der Waals surface area contributed by atoms with E-state index in [4.69, 9.17) is 4.74 Å². The average molecular weight is 289 g/mol. The molecule has 0 saturated heterocycles. The highest BCUT2D eigenvalue weighted by atomic mass is 16.5. The molecule has 0 heterocycles. The molecule has 0 aliphatic rings. The van der Waals surface area contributed by atoms with Crippen LogP contribution in [0.2, 0.25) is 0 Å². The Morgan fingerprint density at radius 2 is 2.05 bits per heavy atom. The molecular formula is C17H23NO3. The maximum Gasteiger partial charge on any atom is 0.333 e. The minimum atomic E-state index is -0.935. The van der Waals surface area contributed by atoms with Gasteiger partial charge >= 0.3 is 5.97 Å². The summed E-state index contributed by atoms with van der Waals surface area (Å²) in [6, 6.07) is 12.5. The molecule has 0 radical (unpaired) electrons. The molecule has 1 aromatic rings. The zero-order valence-electron chi connectivity index (χ0n) is 12.9. The van der Waals surface area contributed by atoms with Crippen molar-refractivity contribution < 1.29 is 14.6 Å². The van der Waals surface area contributed by atoms with E-state index in [0.717, 1.165) is 12.0 Å². The minimum absolute atomic E-state index is 0.151. The quantitative estimate of drug-likeness (QED) is 0.619. The first-order valence-corrected chi connectivity index (χ1v) is 7.12. The summed E-state index contributed by atoms with van der Waals surface area (Å²) in [5, 5.41) is 9.33. The molecule has 4 heteroatoms. The number of aliphatic carboxylic acids is 1. The average Bonchev–Trinajstić information content (AvgIpc) is 2.46. The summed E-state index contributed by atoms with van der Waals surface area (Å²) in [7, 11) is 1.86. The highest BCUT2D eigenvalue weighted by molar-refractivity contribution is 5.72. The molecule has 4 nitrogen and oxygen atoms in total. The number of carboxylic acid groups (broad SMARTS) is 1. The molecule has 1 aromatic carbocycles. The molecule has 114 valence electrons. The van der Waals surface area contributed by atoms with Crippen LogP contribution in [0.3, 0.4) is 0 Å². The third-order valence-electron chi connectivity index (χ3n) is 3.04. The van der Waals surface area contributed by atoms with Gasteiger partial charge in [-0.15, -0.1) is 0 Å². The minimum Gasteiger partial charge on any atom is -0.479 e. The van der Waals surface area contributed by atoms with Gasteiger partial charge in [-0.3, -0.25) is 0 Å². The Labute approximate surface area is 126 Å². The maximum atomic E-state index is 11.4. The zero-order chi connectivity index (χ0) is 15.7. The molecular weight excluding hydrogens is 266 g/mol. The second-order valence-electron chi connectivity index (χ2n) is 5.06. The topological polar surface area (TPSA) is 49.8 Å². The fourth-order valence-corrected chi connectivity index (χ4v) is 2.03. The van der Waals surface area contributed by atoms with Gasteiger partial charge in [0, 0.05) is 32.0 Å². The first-order valence-electron chi connectivity index (χ1n) is 7.12. The summed E-state index contributed by atoms with van der Waals surface area (Å²) < 4.78 is 5.58. The second kappa shape index (κ2) is 9.04. The normalized spacial score (nSPS) is 12.9. The smallest absolute Gasteiger partial charge is 0.333 e. The SMILES string of the molecule is CCC#CN(C)CC(C)C(OCc1ccccc1)C(=O)O. The van der Waals surface area contributed by atoms with Crippen molar-refractivity contribution in [2.24, 2.45) is 5.92 Å². The van der Waals surface area contributed by atoms with Crippen LogP contribution < -0.4 is 0 Å². The first kappa shape index (κ1) is 17.1. The number of hydrogen-bond donors (Lipinski definition) is 1. The van der Waals surface area contributed by atoms with Gasteiger partial charge in [0.25, 0.3) is 0 Å².